The Morgan fingerprint density at radius 3 is 2.79 bits per heavy atom. The van der Waals surface area contributed by atoms with Crippen molar-refractivity contribution in [2.24, 2.45) is 10.9 Å². The lowest BCUT2D eigenvalue weighted by Crippen LogP contribution is -2.60. The smallest absolute Gasteiger partial charge is 0.193 e. The van der Waals surface area contributed by atoms with Crippen LogP contribution in [0.2, 0.25) is 0 Å². The monoisotopic (exact) mass is 402 g/mol. The van der Waals surface area contributed by atoms with E-state index in [4.69, 9.17) is 4.74 Å². The number of nitrogens with zero attached hydrogens (tertiary/aromatic N) is 3. The third-order valence-corrected chi connectivity index (χ3v) is 7.74. The molecule has 3 aliphatic heterocycles. The average Bonchev–Trinajstić information content (AvgIpc) is 3.41. The Hall–Kier alpha value is -1.24. The van der Waals surface area contributed by atoms with Gasteiger partial charge < -0.3 is 15.0 Å². The fourth-order valence-electron chi connectivity index (χ4n) is 4.85. The summed E-state index contributed by atoms with van der Waals surface area (Å²) in [5, 5.41) is 3.76. The van der Waals surface area contributed by atoms with Gasteiger partial charge in [-0.05, 0) is 36.5 Å². The van der Waals surface area contributed by atoms with Crippen molar-refractivity contribution in [2.45, 2.75) is 24.8 Å². The molecule has 0 radical (unpaired) electrons. The molecule has 3 aliphatic rings. The summed E-state index contributed by atoms with van der Waals surface area (Å²) in [6.07, 6.45) is 3.68. The molecular formula is C22H34N4OS. The van der Waals surface area contributed by atoms with Gasteiger partial charge in [0.1, 0.15) is 0 Å². The van der Waals surface area contributed by atoms with E-state index in [1.165, 1.54) is 36.3 Å². The van der Waals surface area contributed by atoms with E-state index in [-0.39, 0.29) is 5.54 Å². The number of rotatable bonds is 5. The highest BCUT2D eigenvalue weighted by Gasteiger charge is 2.41. The Kier molecular flexibility index (Phi) is 6.81. The van der Waals surface area contributed by atoms with E-state index in [0.717, 1.165) is 57.8 Å². The van der Waals surface area contributed by atoms with Crippen molar-refractivity contribution < 1.29 is 4.74 Å². The predicted molar refractivity (Wildman–Crippen MR) is 118 cm³/mol. The van der Waals surface area contributed by atoms with Crippen molar-refractivity contribution in [1.82, 2.24) is 15.1 Å². The molecule has 28 heavy (non-hydrogen) atoms. The first kappa shape index (κ1) is 20.0. The molecule has 4 rings (SSSR count). The Bertz CT molecular complexity index is 641. The van der Waals surface area contributed by atoms with Gasteiger partial charge >= 0.3 is 0 Å². The van der Waals surface area contributed by atoms with Crippen molar-refractivity contribution >= 4 is 17.7 Å². The molecular weight excluding hydrogens is 368 g/mol. The number of aliphatic imine (C=N–C) groups is 1. The fourth-order valence-corrected chi connectivity index (χ4v) is 6.33. The van der Waals surface area contributed by atoms with Gasteiger partial charge in [0, 0.05) is 51.1 Å². The number of ether oxygens (including phenoxy) is 1. The first-order valence-corrected chi connectivity index (χ1v) is 11.8. The second kappa shape index (κ2) is 9.51. The minimum absolute atomic E-state index is 0.257. The number of likely N-dealkylation sites (tertiary alicyclic amines) is 1. The summed E-state index contributed by atoms with van der Waals surface area (Å²) < 4.78 is 5.59. The van der Waals surface area contributed by atoms with E-state index in [2.05, 4.69) is 62.2 Å². The number of benzene rings is 1. The molecule has 5 nitrogen and oxygen atoms in total. The number of thioether (sulfide) groups is 1. The number of hydrogen-bond donors (Lipinski definition) is 1. The van der Waals surface area contributed by atoms with Gasteiger partial charge in [-0.2, -0.15) is 11.8 Å². The molecule has 1 N–H and O–H groups in total. The molecule has 3 fully saturated rings. The summed E-state index contributed by atoms with van der Waals surface area (Å²) in [7, 11) is 1.93. The SMILES string of the molecule is CN=C(NCC1(N2CCOCC2)CCSC1)N1CCC(Cc2ccccc2)C1. The van der Waals surface area contributed by atoms with E-state index in [0.29, 0.717) is 0 Å². The maximum Gasteiger partial charge on any atom is 0.193 e. The summed E-state index contributed by atoms with van der Waals surface area (Å²) in [5.41, 5.74) is 1.71. The molecule has 0 aliphatic carbocycles. The Morgan fingerprint density at radius 1 is 1.25 bits per heavy atom. The van der Waals surface area contributed by atoms with Crippen molar-refractivity contribution in [2.75, 3.05) is 64.5 Å². The topological polar surface area (TPSA) is 40.1 Å². The van der Waals surface area contributed by atoms with Crippen LogP contribution >= 0.6 is 11.8 Å². The van der Waals surface area contributed by atoms with Crippen LogP contribution in [0.5, 0.6) is 0 Å². The fraction of sp³-hybridized carbons (Fsp3) is 0.682. The molecule has 0 spiro atoms. The highest BCUT2D eigenvalue weighted by molar-refractivity contribution is 7.99. The minimum atomic E-state index is 0.257. The normalized spacial score (nSPS) is 29.4. The van der Waals surface area contributed by atoms with E-state index in [1.807, 2.05) is 7.05 Å². The molecule has 0 amide bonds. The molecule has 3 saturated heterocycles. The first-order chi connectivity index (χ1) is 13.8. The van der Waals surface area contributed by atoms with Crippen molar-refractivity contribution in [3.8, 4) is 0 Å². The summed E-state index contributed by atoms with van der Waals surface area (Å²) in [4.78, 5) is 9.76. The molecule has 2 atom stereocenters. The third-order valence-electron chi connectivity index (χ3n) is 6.50. The largest absolute Gasteiger partial charge is 0.379 e. The molecule has 154 valence electrons. The Labute approximate surface area is 173 Å². The van der Waals surface area contributed by atoms with Crippen LogP contribution in [-0.4, -0.2) is 85.8 Å². The molecule has 0 aromatic heterocycles. The summed E-state index contributed by atoms with van der Waals surface area (Å²) in [6, 6.07) is 10.9. The second-order valence-electron chi connectivity index (χ2n) is 8.32. The highest BCUT2D eigenvalue weighted by Crippen LogP contribution is 2.33. The predicted octanol–water partition coefficient (Wildman–Crippen LogP) is 2.33. The first-order valence-electron chi connectivity index (χ1n) is 10.7. The van der Waals surface area contributed by atoms with Crippen molar-refractivity contribution in [3.05, 3.63) is 35.9 Å². The van der Waals surface area contributed by atoms with Crippen LogP contribution < -0.4 is 5.32 Å². The number of hydrogen-bond acceptors (Lipinski definition) is 4. The van der Waals surface area contributed by atoms with Crippen LogP contribution in [0.4, 0.5) is 0 Å². The number of nitrogens with one attached hydrogen (secondary N) is 1. The zero-order chi connectivity index (χ0) is 19.2. The van der Waals surface area contributed by atoms with Crippen molar-refractivity contribution in [3.63, 3.8) is 0 Å². The van der Waals surface area contributed by atoms with Crippen LogP contribution in [0.3, 0.4) is 0 Å². The van der Waals surface area contributed by atoms with Gasteiger partial charge in [0.15, 0.2) is 5.96 Å². The highest BCUT2D eigenvalue weighted by atomic mass is 32.2. The zero-order valence-corrected chi connectivity index (χ0v) is 17.9. The van der Waals surface area contributed by atoms with Gasteiger partial charge in [-0.15, -0.1) is 0 Å². The maximum atomic E-state index is 5.59. The average molecular weight is 403 g/mol. The van der Waals surface area contributed by atoms with Crippen LogP contribution in [0.1, 0.15) is 18.4 Å². The molecule has 0 bridgehead atoms. The molecule has 6 heteroatoms. The molecule has 2 unspecified atom stereocenters. The van der Waals surface area contributed by atoms with Crippen LogP contribution in [0, 0.1) is 5.92 Å². The van der Waals surface area contributed by atoms with Gasteiger partial charge in [-0.1, -0.05) is 30.3 Å². The molecule has 1 aromatic carbocycles. The lowest BCUT2D eigenvalue weighted by molar-refractivity contribution is -0.0121. The third kappa shape index (κ3) is 4.66. The molecule has 3 heterocycles. The van der Waals surface area contributed by atoms with Crippen LogP contribution in [0.15, 0.2) is 35.3 Å². The lowest BCUT2D eigenvalue weighted by Gasteiger charge is -2.43. The molecule has 0 saturated carbocycles. The van der Waals surface area contributed by atoms with E-state index >= 15 is 0 Å². The summed E-state index contributed by atoms with van der Waals surface area (Å²) in [5.74, 6) is 4.28. The Balaban J connectivity index is 1.33. The Morgan fingerprint density at radius 2 is 2.07 bits per heavy atom. The standard InChI is InChI=1S/C22H34N4OS/c1-23-21(25-9-7-20(16-25)15-19-5-3-2-4-6-19)24-17-22(8-14-28-18-22)26-10-12-27-13-11-26/h2-6,20H,7-18H2,1H3,(H,23,24). The van der Waals surface area contributed by atoms with Gasteiger partial charge in [-0.3, -0.25) is 9.89 Å². The summed E-state index contributed by atoms with van der Waals surface area (Å²) >= 11 is 2.09. The molecule has 1 aromatic rings. The van der Waals surface area contributed by atoms with Crippen molar-refractivity contribution in [1.29, 1.82) is 0 Å². The zero-order valence-electron chi connectivity index (χ0n) is 17.1. The quantitative estimate of drug-likeness (QED) is 0.605. The van der Waals surface area contributed by atoms with Gasteiger partial charge in [0.2, 0.25) is 0 Å². The van der Waals surface area contributed by atoms with E-state index in [9.17, 15) is 0 Å². The van der Waals surface area contributed by atoms with E-state index in [1.54, 1.807) is 0 Å². The van der Waals surface area contributed by atoms with Crippen LogP contribution in [0.25, 0.3) is 0 Å². The van der Waals surface area contributed by atoms with Crippen LogP contribution in [-0.2, 0) is 11.2 Å². The van der Waals surface area contributed by atoms with Gasteiger partial charge in [0.05, 0.1) is 13.2 Å². The number of guanidine groups is 1. The lowest BCUT2D eigenvalue weighted by atomic mass is 9.95. The number of morpholine rings is 1. The second-order valence-corrected chi connectivity index (χ2v) is 9.42. The van der Waals surface area contributed by atoms with E-state index < -0.39 is 0 Å². The minimum Gasteiger partial charge on any atom is -0.379 e. The van der Waals surface area contributed by atoms with Gasteiger partial charge in [-0.25, -0.2) is 0 Å². The van der Waals surface area contributed by atoms with Gasteiger partial charge in [0.25, 0.3) is 0 Å². The summed E-state index contributed by atoms with van der Waals surface area (Å²) in [6.45, 7) is 7.06. The maximum absolute atomic E-state index is 5.59.